The van der Waals surface area contributed by atoms with E-state index in [9.17, 15) is 9.59 Å². The van der Waals surface area contributed by atoms with Crippen LogP contribution >= 0.6 is 15.9 Å². The van der Waals surface area contributed by atoms with Crippen LogP contribution in [0.2, 0.25) is 0 Å². The summed E-state index contributed by atoms with van der Waals surface area (Å²) in [5, 5.41) is 9.13. The van der Waals surface area contributed by atoms with E-state index in [1.165, 1.54) is 4.90 Å². The molecule has 7 heteroatoms. The zero-order valence-corrected chi connectivity index (χ0v) is 14.9. The van der Waals surface area contributed by atoms with Crippen molar-refractivity contribution in [3.8, 4) is 5.75 Å². The first kappa shape index (κ1) is 17.6. The molecule has 1 heterocycles. The Labute approximate surface area is 143 Å². The summed E-state index contributed by atoms with van der Waals surface area (Å²) in [5.74, 6) is -0.399. The van der Waals surface area contributed by atoms with E-state index in [1.54, 1.807) is 32.9 Å². The highest BCUT2D eigenvalue weighted by molar-refractivity contribution is 9.10. The molecule has 23 heavy (non-hydrogen) atoms. The molecule has 0 bridgehead atoms. The van der Waals surface area contributed by atoms with Gasteiger partial charge in [-0.05, 0) is 45.0 Å². The maximum Gasteiger partial charge on any atom is 0.410 e. The van der Waals surface area contributed by atoms with Gasteiger partial charge >= 0.3 is 12.1 Å². The smallest absolute Gasteiger partial charge is 0.410 e. The van der Waals surface area contributed by atoms with Gasteiger partial charge in [0.15, 0.2) is 5.60 Å². The van der Waals surface area contributed by atoms with Gasteiger partial charge in [-0.15, -0.1) is 0 Å². The van der Waals surface area contributed by atoms with Crippen LogP contribution in [0.25, 0.3) is 0 Å². The summed E-state index contributed by atoms with van der Waals surface area (Å²) in [5.41, 5.74) is -1.51. The highest BCUT2D eigenvalue weighted by atomic mass is 79.9. The molecule has 0 atom stereocenters. The Balaban J connectivity index is 2.04. The molecule has 0 aromatic heterocycles. The van der Waals surface area contributed by atoms with E-state index in [4.69, 9.17) is 14.6 Å². The van der Waals surface area contributed by atoms with Gasteiger partial charge in [0.2, 0.25) is 0 Å². The summed E-state index contributed by atoms with van der Waals surface area (Å²) in [6, 6.07) is 7.13. The number of likely N-dealkylation sites (tertiary alicyclic amines) is 1. The summed E-state index contributed by atoms with van der Waals surface area (Å²) in [6.45, 7) is 5.73. The zero-order chi connectivity index (χ0) is 17.3. The molecule has 0 spiro atoms. The molecule has 1 amide bonds. The van der Waals surface area contributed by atoms with Crippen LogP contribution < -0.4 is 4.74 Å². The number of hydrogen-bond donors (Lipinski definition) is 1. The number of carbonyl (C=O) groups excluding carboxylic acids is 1. The van der Waals surface area contributed by atoms with Crippen LogP contribution in [0.3, 0.4) is 0 Å². The lowest BCUT2D eigenvalue weighted by Crippen LogP contribution is -2.67. The number of carbonyl (C=O) groups is 2. The van der Waals surface area contributed by atoms with Gasteiger partial charge < -0.3 is 14.6 Å². The lowest BCUT2D eigenvalue weighted by molar-refractivity contribution is -0.148. The van der Waals surface area contributed by atoms with Crippen LogP contribution in [0, 0.1) is 0 Å². The Hall–Kier alpha value is -1.76. The third-order valence-corrected chi connectivity index (χ3v) is 3.76. The third kappa shape index (κ3) is 4.86. The van der Waals surface area contributed by atoms with Gasteiger partial charge in [-0.1, -0.05) is 15.9 Å². The molecule has 2 rings (SSSR count). The van der Waals surface area contributed by atoms with E-state index < -0.39 is 23.3 Å². The van der Waals surface area contributed by atoms with Gasteiger partial charge in [-0.25, -0.2) is 4.79 Å². The first-order valence-corrected chi connectivity index (χ1v) is 8.02. The number of rotatable bonds is 4. The number of carboxylic acids is 1. The van der Waals surface area contributed by atoms with Crippen LogP contribution in [-0.2, 0) is 9.53 Å². The van der Waals surface area contributed by atoms with Crippen molar-refractivity contribution in [1.29, 1.82) is 0 Å². The number of ether oxygens (including phenoxy) is 2. The first-order chi connectivity index (χ1) is 10.6. The molecule has 1 fully saturated rings. The van der Waals surface area contributed by atoms with Gasteiger partial charge in [0, 0.05) is 4.47 Å². The Bertz CT molecular complexity index is 587. The normalized spacial score (nSPS) is 16.4. The highest BCUT2D eigenvalue weighted by Crippen LogP contribution is 2.32. The number of amides is 1. The van der Waals surface area contributed by atoms with Crippen LogP contribution in [0.4, 0.5) is 4.79 Å². The molecule has 0 saturated carbocycles. The van der Waals surface area contributed by atoms with Crippen molar-refractivity contribution in [3.05, 3.63) is 28.7 Å². The van der Waals surface area contributed by atoms with Crippen molar-refractivity contribution in [2.24, 2.45) is 0 Å². The molecule has 0 unspecified atom stereocenters. The number of carboxylic acid groups (broad SMARTS) is 1. The fraction of sp³-hybridized carbons (Fsp3) is 0.500. The first-order valence-electron chi connectivity index (χ1n) is 7.23. The lowest BCUT2D eigenvalue weighted by atomic mass is 9.90. The number of hydrogen-bond acceptors (Lipinski definition) is 4. The minimum absolute atomic E-state index is 0.178. The van der Waals surface area contributed by atoms with Crippen molar-refractivity contribution >= 4 is 28.0 Å². The Morgan fingerprint density at radius 2 is 1.83 bits per heavy atom. The monoisotopic (exact) mass is 385 g/mol. The average molecular weight is 386 g/mol. The SMILES string of the molecule is CC(C)(C)OC(=O)N1CC(CC(=O)O)(Oc2ccc(Br)cc2)C1. The van der Waals surface area contributed by atoms with Crippen LogP contribution in [0.5, 0.6) is 5.75 Å². The van der Waals surface area contributed by atoms with Crippen molar-refractivity contribution in [1.82, 2.24) is 4.90 Å². The van der Waals surface area contributed by atoms with Crippen molar-refractivity contribution < 1.29 is 24.2 Å². The predicted octanol–water partition coefficient (Wildman–Crippen LogP) is 3.29. The van der Waals surface area contributed by atoms with Crippen molar-refractivity contribution in [2.45, 2.75) is 38.4 Å². The molecule has 1 aromatic rings. The predicted molar refractivity (Wildman–Crippen MR) is 87.6 cm³/mol. The van der Waals surface area contributed by atoms with E-state index in [-0.39, 0.29) is 19.5 Å². The summed E-state index contributed by atoms with van der Waals surface area (Å²) >= 11 is 3.33. The van der Waals surface area contributed by atoms with Gasteiger partial charge in [0.1, 0.15) is 11.4 Å². The van der Waals surface area contributed by atoms with Gasteiger partial charge in [-0.2, -0.15) is 0 Å². The molecular formula is C16H20BrNO5. The molecule has 1 aliphatic rings. The van der Waals surface area contributed by atoms with Crippen LogP contribution in [-0.4, -0.2) is 46.4 Å². The topological polar surface area (TPSA) is 76.1 Å². The van der Waals surface area contributed by atoms with E-state index in [1.807, 2.05) is 12.1 Å². The van der Waals surface area contributed by atoms with E-state index >= 15 is 0 Å². The average Bonchev–Trinajstić information content (AvgIpc) is 2.35. The second-order valence-electron chi connectivity index (χ2n) is 6.65. The number of halogens is 1. The van der Waals surface area contributed by atoms with E-state index in [2.05, 4.69) is 15.9 Å². The summed E-state index contributed by atoms with van der Waals surface area (Å²) < 4.78 is 12.1. The van der Waals surface area contributed by atoms with Crippen LogP contribution in [0.15, 0.2) is 28.7 Å². The molecule has 0 radical (unpaired) electrons. The molecule has 1 N–H and O–H groups in total. The van der Waals surface area contributed by atoms with Gasteiger partial charge in [0.05, 0.1) is 19.5 Å². The standard InChI is InChI=1S/C16H20BrNO5/c1-15(2,3)23-14(21)18-9-16(10-18,8-13(19)20)22-12-6-4-11(17)5-7-12/h4-7H,8-10H2,1-3H3,(H,19,20). The molecule has 1 aliphatic heterocycles. The van der Waals surface area contributed by atoms with E-state index in [0.29, 0.717) is 5.75 Å². The summed E-state index contributed by atoms with van der Waals surface area (Å²) in [7, 11) is 0. The minimum Gasteiger partial charge on any atom is -0.483 e. The van der Waals surface area contributed by atoms with Gasteiger partial charge in [-0.3, -0.25) is 9.69 Å². The fourth-order valence-corrected chi connectivity index (χ4v) is 2.61. The summed E-state index contributed by atoms with van der Waals surface area (Å²) in [4.78, 5) is 24.6. The zero-order valence-electron chi connectivity index (χ0n) is 13.3. The number of aliphatic carboxylic acids is 1. The van der Waals surface area contributed by atoms with Crippen molar-refractivity contribution in [2.75, 3.05) is 13.1 Å². The second kappa shape index (κ2) is 6.39. The molecule has 0 aliphatic carbocycles. The lowest BCUT2D eigenvalue weighted by Gasteiger charge is -2.48. The third-order valence-electron chi connectivity index (χ3n) is 3.23. The maximum atomic E-state index is 12.0. The molecule has 1 saturated heterocycles. The molecule has 126 valence electrons. The molecule has 6 nitrogen and oxygen atoms in total. The Morgan fingerprint density at radius 3 is 2.30 bits per heavy atom. The molecule has 1 aromatic carbocycles. The Morgan fingerprint density at radius 1 is 1.26 bits per heavy atom. The number of benzene rings is 1. The van der Waals surface area contributed by atoms with Gasteiger partial charge in [0.25, 0.3) is 0 Å². The summed E-state index contributed by atoms with van der Waals surface area (Å²) in [6.07, 6.45) is -0.638. The largest absolute Gasteiger partial charge is 0.483 e. The molecular weight excluding hydrogens is 366 g/mol. The Kier molecular flexibility index (Phi) is 4.89. The van der Waals surface area contributed by atoms with Crippen LogP contribution in [0.1, 0.15) is 27.2 Å². The highest BCUT2D eigenvalue weighted by Gasteiger charge is 2.50. The second-order valence-corrected chi connectivity index (χ2v) is 7.56. The van der Waals surface area contributed by atoms with Crippen molar-refractivity contribution in [3.63, 3.8) is 0 Å². The quantitative estimate of drug-likeness (QED) is 0.860. The van der Waals surface area contributed by atoms with E-state index in [0.717, 1.165) is 4.47 Å². The number of nitrogens with zero attached hydrogens (tertiary/aromatic N) is 1. The maximum absolute atomic E-state index is 12.0. The minimum atomic E-state index is -0.967. The fourth-order valence-electron chi connectivity index (χ4n) is 2.35.